The highest BCUT2D eigenvalue weighted by Crippen LogP contribution is 2.56. The SMILES string of the molecule is CC1(C)c2ccccc2-c2ccc(N(c3ccc4c(c3)C(C)(C)c3cc(/C=C/c5ccc(/C=C/c6ccc7c(c6)C(C)(C)c6cc(N(c8ccc9c(c8)C(C)(C)c8ccccc8-9)c8ccc9ccccc9c8)ccc6-7)cc5)ccc3-4)c3ccc4ccccc4c3)cc21. The molecule has 0 spiro atoms. The number of rotatable bonds is 10. The largest absolute Gasteiger partial charge is 0.310 e. The molecule has 0 atom stereocenters. The van der Waals surface area contributed by atoms with E-state index in [-0.39, 0.29) is 21.7 Å². The van der Waals surface area contributed by atoms with Crippen LogP contribution < -0.4 is 9.80 Å². The standard InChI is InChI=1S/C90H72N2/c1-87(2)79-23-15-13-21-71(79)75-45-39-67(53-83(75)87)91(65-37-35-61-17-9-11-19-63(61)51-65)69-41-47-77-73-43-33-59(49-81(73)89(5,6)85(77)55-69)31-29-57-25-27-58(28-26-57)30-32-60-34-44-74-78-48-42-70(56-86(78)90(7,8)82(74)50-60)92(66-38-36-62-18-10-12-20-64(62)52-66)68-40-46-76-72-22-14-16-24-80(72)88(3,4)84(76)54-68/h9-56H,1-8H3/b31-29+,32-30+. The van der Waals surface area contributed by atoms with Gasteiger partial charge in [0.2, 0.25) is 0 Å². The van der Waals surface area contributed by atoms with Crippen molar-refractivity contribution in [2.75, 3.05) is 9.80 Å². The van der Waals surface area contributed by atoms with Crippen LogP contribution in [0.25, 0.3) is 90.4 Å². The lowest BCUT2D eigenvalue weighted by atomic mass is 9.81. The lowest BCUT2D eigenvalue weighted by molar-refractivity contribution is 0.659. The van der Waals surface area contributed by atoms with Gasteiger partial charge in [-0.3, -0.25) is 0 Å². The molecule has 4 aliphatic rings. The Balaban J connectivity index is 0.618. The normalized spacial score (nSPS) is 15.2. The second kappa shape index (κ2) is 20.5. The van der Waals surface area contributed by atoms with Crippen molar-refractivity contribution in [2.45, 2.75) is 77.0 Å². The smallest absolute Gasteiger partial charge is 0.0468 e. The van der Waals surface area contributed by atoms with Gasteiger partial charge in [0.05, 0.1) is 0 Å². The minimum absolute atomic E-state index is 0.112. The van der Waals surface area contributed by atoms with Gasteiger partial charge in [0.1, 0.15) is 0 Å². The van der Waals surface area contributed by atoms with Gasteiger partial charge < -0.3 is 9.80 Å². The first-order valence-corrected chi connectivity index (χ1v) is 32.7. The molecule has 0 amide bonds. The molecule has 0 heterocycles. The summed E-state index contributed by atoms with van der Waals surface area (Å²) in [7, 11) is 0. The van der Waals surface area contributed by atoms with E-state index in [0.717, 1.165) is 22.7 Å². The van der Waals surface area contributed by atoms with Crippen LogP contribution in [0.15, 0.2) is 267 Å². The predicted octanol–water partition coefficient (Wildman–Crippen LogP) is 24.5. The minimum Gasteiger partial charge on any atom is -0.310 e. The topological polar surface area (TPSA) is 6.48 Å². The quantitative estimate of drug-likeness (QED) is 0.126. The minimum atomic E-state index is -0.215. The number of hydrogen-bond donors (Lipinski definition) is 0. The van der Waals surface area contributed by atoms with Gasteiger partial charge in [-0.2, -0.15) is 0 Å². The van der Waals surface area contributed by atoms with E-state index in [1.54, 1.807) is 0 Å². The number of nitrogens with zero attached hydrogens (tertiary/aromatic N) is 2. The van der Waals surface area contributed by atoms with Crippen LogP contribution in [0.3, 0.4) is 0 Å². The van der Waals surface area contributed by atoms with Crippen LogP contribution in [0.5, 0.6) is 0 Å². The number of anilines is 6. The van der Waals surface area contributed by atoms with Crippen LogP contribution in [0, 0.1) is 0 Å². The summed E-state index contributed by atoms with van der Waals surface area (Å²) in [5, 5.41) is 4.94. The molecule has 13 aromatic carbocycles. The van der Waals surface area contributed by atoms with Crippen molar-refractivity contribution in [2.24, 2.45) is 0 Å². The molecule has 2 nitrogen and oxygen atoms in total. The van der Waals surface area contributed by atoms with Crippen molar-refractivity contribution in [3.63, 3.8) is 0 Å². The average molecular weight is 1180 g/mol. The van der Waals surface area contributed by atoms with E-state index in [1.807, 2.05) is 0 Å². The van der Waals surface area contributed by atoms with Gasteiger partial charge in [0.25, 0.3) is 0 Å². The van der Waals surface area contributed by atoms with Crippen LogP contribution in [-0.4, -0.2) is 0 Å². The van der Waals surface area contributed by atoms with E-state index in [2.05, 4.69) is 356 Å². The van der Waals surface area contributed by atoms with Crippen LogP contribution in [0.4, 0.5) is 34.1 Å². The first kappa shape index (κ1) is 55.5. The first-order valence-electron chi connectivity index (χ1n) is 32.7. The van der Waals surface area contributed by atoms with Crippen molar-refractivity contribution in [1.29, 1.82) is 0 Å². The van der Waals surface area contributed by atoms with Gasteiger partial charge in [-0.25, -0.2) is 0 Å². The van der Waals surface area contributed by atoms with Crippen LogP contribution in [0.1, 0.15) is 122 Å². The summed E-state index contributed by atoms with van der Waals surface area (Å²) >= 11 is 0. The molecule has 0 saturated heterocycles. The maximum atomic E-state index is 2.47. The fraction of sp³-hybridized carbons (Fsp3) is 0.133. The summed E-state index contributed by atoms with van der Waals surface area (Å²) in [6.07, 6.45) is 9.04. The van der Waals surface area contributed by atoms with E-state index >= 15 is 0 Å². The third-order valence-electron chi connectivity index (χ3n) is 21.4. The Morgan fingerprint density at radius 2 is 0.435 bits per heavy atom. The third kappa shape index (κ3) is 8.67. The fourth-order valence-corrected chi connectivity index (χ4v) is 16.3. The van der Waals surface area contributed by atoms with Crippen molar-refractivity contribution in [3.05, 3.63) is 334 Å². The Bertz CT molecular complexity index is 4960. The maximum absolute atomic E-state index is 2.47. The zero-order valence-corrected chi connectivity index (χ0v) is 53.6. The molecule has 17 rings (SSSR count). The highest BCUT2D eigenvalue weighted by molar-refractivity contribution is 5.95. The fourth-order valence-electron chi connectivity index (χ4n) is 16.3. The van der Waals surface area contributed by atoms with Crippen molar-refractivity contribution in [3.8, 4) is 44.5 Å². The molecule has 4 aliphatic carbocycles. The van der Waals surface area contributed by atoms with Crippen LogP contribution in [-0.2, 0) is 21.7 Å². The van der Waals surface area contributed by atoms with Gasteiger partial charge in [-0.1, -0.05) is 274 Å². The van der Waals surface area contributed by atoms with E-state index in [9.17, 15) is 0 Å². The van der Waals surface area contributed by atoms with Crippen LogP contribution in [0.2, 0.25) is 0 Å². The Morgan fingerprint density at radius 1 is 0.196 bits per heavy atom. The van der Waals surface area contributed by atoms with Gasteiger partial charge in [0, 0.05) is 55.8 Å². The van der Waals surface area contributed by atoms with E-state index < -0.39 is 0 Å². The summed E-state index contributed by atoms with van der Waals surface area (Å²) in [6.45, 7) is 19.1. The molecule has 0 radical (unpaired) electrons. The van der Waals surface area contributed by atoms with Crippen molar-refractivity contribution in [1.82, 2.24) is 0 Å². The van der Waals surface area contributed by atoms with E-state index in [4.69, 9.17) is 0 Å². The molecule has 0 N–H and O–H groups in total. The second-order valence-corrected chi connectivity index (χ2v) is 28.2. The lowest BCUT2D eigenvalue weighted by Gasteiger charge is -2.30. The third-order valence-corrected chi connectivity index (χ3v) is 21.4. The monoisotopic (exact) mass is 1180 g/mol. The van der Waals surface area contributed by atoms with Gasteiger partial charge >= 0.3 is 0 Å². The molecule has 0 aromatic heterocycles. The molecule has 2 heteroatoms. The molecular formula is C90H72N2. The molecular weight excluding hydrogens is 1110 g/mol. The maximum Gasteiger partial charge on any atom is 0.0468 e. The van der Waals surface area contributed by atoms with Gasteiger partial charge in [-0.05, 0) is 206 Å². The van der Waals surface area contributed by atoms with E-state index in [0.29, 0.717) is 0 Å². The lowest BCUT2D eigenvalue weighted by Crippen LogP contribution is -2.18. The van der Waals surface area contributed by atoms with Crippen LogP contribution >= 0.6 is 0 Å². The zero-order chi connectivity index (χ0) is 62.4. The second-order valence-electron chi connectivity index (χ2n) is 28.2. The summed E-state index contributed by atoms with van der Waals surface area (Å²) in [5.74, 6) is 0. The highest BCUT2D eigenvalue weighted by Gasteiger charge is 2.40. The molecule has 442 valence electrons. The Hall–Kier alpha value is -10.5. The Kier molecular flexibility index (Phi) is 12.4. The Morgan fingerprint density at radius 3 is 0.793 bits per heavy atom. The average Bonchev–Trinajstić information content (AvgIpc) is 1.58. The van der Waals surface area contributed by atoms with Gasteiger partial charge in [-0.15, -0.1) is 0 Å². The summed E-state index contributed by atoms with van der Waals surface area (Å²) < 4.78 is 0. The molecule has 13 aromatic rings. The molecule has 0 fully saturated rings. The van der Waals surface area contributed by atoms with E-state index in [1.165, 1.54) is 144 Å². The number of hydrogen-bond acceptors (Lipinski definition) is 2. The summed E-state index contributed by atoms with van der Waals surface area (Å²) in [5.41, 5.74) is 32.5. The number of benzene rings is 13. The first-order chi connectivity index (χ1) is 44.6. The van der Waals surface area contributed by atoms with Crippen molar-refractivity contribution < 1.29 is 0 Å². The summed E-state index contributed by atoms with van der Waals surface area (Å²) in [6, 6.07) is 101. The molecule has 0 unspecified atom stereocenters. The Labute approximate surface area is 541 Å². The zero-order valence-electron chi connectivity index (χ0n) is 53.6. The highest BCUT2D eigenvalue weighted by atomic mass is 15.1. The molecule has 0 aliphatic heterocycles. The predicted molar refractivity (Wildman–Crippen MR) is 392 cm³/mol. The molecule has 0 saturated carbocycles. The molecule has 92 heavy (non-hydrogen) atoms. The summed E-state index contributed by atoms with van der Waals surface area (Å²) in [4.78, 5) is 4.94. The molecule has 0 bridgehead atoms. The van der Waals surface area contributed by atoms with Crippen molar-refractivity contribution >= 4 is 80.0 Å². The number of fused-ring (bicyclic) bond motifs is 14. The van der Waals surface area contributed by atoms with Gasteiger partial charge in [0.15, 0.2) is 0 Å².